The lowest BCUT2D eigenvalue weighted by Crippen LogP contribution is -2.19. The number of benzene rings is 3. The number of alkyl halides is 3. The number of pyridine rings is 1. The van der Waals surface area contributed by atoms with Crippen molar-refractivity contribution < 1.29 is 26.7 Å². The van der Waals surface area contributed by atoms with Gasteiger partial charge in [-0.25, -0.2) is 8.78 Å². The molecule has 4 aromatic rings. The third-order valence-electron chi connectivity index (χ3n) is 6.54. The highest BCUT2D eigenvalue weighted by atomic mass is 19.4. The molecule has 4 rings (SSSR count). The zero-order chi connectivity index (χ0) is 27.1. The number of nitrogens with zero attached hydrogens (tertiary/aromatic N) is 1. The Balaban J connectivity index is 1.41. The van der Waals surface area contributed by atoms with Gasteiger partial charge >= 0.3 is 6.18 Å². The lowest BCUT2D eigenvalue weighted by molar-refractivity contribution is -0.153. The number of hydrogen-bond acceptors (Lipinski definition) is 2. The monoisotopic (exact) mass is 527 g/mol. The Kier molecular flexibility index (Phi) is 8.97. The van der Waals surface area contributed by atoms with E-state index in [1.165, 1.54) is 37.0 Å². The van der Waals surface area contributed by atoms with Crippen molar-refractivity contribution in [1.82, 2.24) is 4.98 Å². The molecule has 0 aliphatic carbocycles. The van der Waals surface area contributed by atoms with E-state index in [0.29, 0.717) is 29.4 Å². The number of rotatable bonds is 11. The fraction of sp³-hybridized carbons (Fsp3) is 0.323. The molecule has 0 saturated carbocycles. The Bertz CT molecular complexity index is 1370. The topological polar surface area (TPSA) is 22.1 Å². The van der Waals surface area contributed by atoms with Crippen molar-refractivity contribution in [3.05, 3.63) is 95.2 Å². The molecule has 3 aromatic carbocycles. The van der Waals surface area contributed by atoms with Gasteiger partial charge in [-0.3, -0.25) is 4.98 Å². The molecule has 0 fully saturated rings. The standard InChI is InChI=1S/C31H30F5NO/c1-2-3-4-5-6-22-8-15-28(37-19-22)25-13-14-26-24(18-25)12-11-23(30(26)33)10-7-21-9-16-29(27(32)17-21)38-20-31(34,35)36/h8-9,11-19H,2-7,10,20H2,1H3. The Hall–Kier alpha value is -3.48. The van der Waals surface area contributed by atoms with Crippen LogP contribution < -0.4 is 4.74 Å². The minimum absolute atomic E-state index is 0.312. The molecule has 0 radical (unpaired) electrons. The average molecular weight is 528 g/mol. The van der Waals surface area contributed by atoms with Crippen molar-refractivity contribution in [2.45, 2.75) is 58.0 Å². The molecule has 0 N–H and O–H groups in total. The summed E-state index contributed by atoms with van der Waals surface area (Å²) in [4.78, 5) is 4.61. The maximum atomic E-state index is 15.3. The van der Waals surface area contributed by atoms with Crippen molar-refractivity contribution in [3.8, 4) is 17.0 Å². The molecule has 0 unspecified atom stereocenters. The van der Waals surface area contributed by atoms with Gasteiger partial charge in [0.2, 0.25) is 0 Å². The summed E-state index contributed by atoms with van der Waals surface area (Å²) in [6.45, 7) is 0.633. The molecule has 0 atom stereocenters. The molecule has 0 saturated heterocycles. The second kappa shape index (κ2) is 12.4. The summed E-state index contributed by atoms with van der Waals surface area (Å²) >= 11 is 0. The Morgan fingerprint density at radius 1 is 0.789 bits per heavy atom. The van der Waals surface area contributed by atoms with Gasteiger partial charge in [0.25, 0.3) is 0 Å². The minimum Gasteiger partial charge on any atom is -0.481 e. The van der Waals surface area contributed by atoms with Crippen molar-refractivity contribution in [2.24, 2.45) is 0 Å². The number of fused-ring (bicyclic) bond motifs is 1. The second-order valence-electron chi connectivity index (χ2n) is 9.51. The van der Waals surface area contributed by atoms with E-state index in [2.05, 4.69) is 22.7 Å². The number of hydrogen-bond donors (Lipinski definition) is 0. The highest BCUT2D eigenvalue weighted by Gasteiger charge is 2.29. The lowest BCUT2D eigenvalue weighted by Gasteiger charge is -2.11. The molecule has 2 nitrogen and oxygen atoms in total. The highest BCUT2D eigenvalue weighted by molar-refractivity contribution is 5.88. The molecule has 1 heterocycles. The zero-order valence-electron chi connectivity index (χ0n) is 21.3. The molecular formula is C31H30F5NO. The van der Waals surface area contributed by atoms with Gasteiger partial charge in [-0.2, -0.15) is 13.2 Å². The zero-order valence-corrected chi connectivity index (χ0v) is 21.3. The van der Waals surface area contributed by atoms with Crippen LogP contribution in [-0.2, 0) is 19.3 Å². The third-order valence-corrected chi connectivity index (χ3v) is 6.54. The molecular weight excluding hydrogens is 497 g/mol. The first-order valence-corrected chi connectivity index (χ1v) is 12.9. The predicted molar refractivity (Wildman–Crippen MR) is 140 cm³/mol. The van der Waals surface area contributed by atoms with E-state index in [9.17, 15) is 17.6 Å². The number of aryl methyl sites for hydroxylation is 3. The van der Waals surface area contributed by atoms with Gasteiger partial charge < -0.3 is 4.74 Å². The number of unbranched alkanes of at least 4 members (excludes halogenated alkanes) is 3. The van der Waals surface area contributed by atoms with E-state index >= 15 is 4.39 Å². The van der Waals surface area contributed by atoms with Gasteiger partial charge in [0.05, 0.1) is 5.69 Å². The Morgan fingerprint density at radius 3 is 2.32 bits per heavy atom. The molecule has 0 spiro atoms. The first-order chi connectivity index (χ1) is 18.2. The van der Waals surface area contributed by atoms with E-state index in [0.717, 1.165) is 35.6 Å². The van der Waals surface area contributed by atoms with Crippen LogP contribution in [-0.4, -0.2) is 17.8 Å². The van der Waals surface area contributed by atoms with Gasteiger partial charge in [0.1, 0.15) is 5.82 Å². The largest absolute Gasteiger partial charge is 0.481 e. The summed E-state index contributed by atoms with van der Waals surface area (Å²) in [7, 11) is 0. The molecule has 0 aliphatic rings. The summed E-state index contributed by atoms with van der Waals surface area (Å²) in [5, 5.41) is 1.24. The van der Waals surface area contributed by atoms with Gasteiger partial charge in [-0.15, -0.1) is 0 Å². The Labute approximate surface area is 219 Å². The Morgan fingerprint density at radius 2 is 1.61 bits per heavy atom. The summed E-state index contributed by atoms with van der Waals surface area (Å²) in [6, 6.07) is 17.0. The van der Waals surface area contributed by atoms with Crippen molar-refractivity contribution in [2.75, 3.05) is 6.61 Å². The number of halogens is 5. The fourth-order valence-corrected chi connectivity index (χ4v) is 4.44. The molecule has 200 valence electrons. The first-order valence-electron chi connectivity index (χ1n) is 12.9. The van der Waals surface area contributed by atoms with Gasteiger partial charge in [0, 0.05) is 17.1 Å². The minimum atomic E-state index is -4.55. The smallest absolute Gasteiger partial charge is 0.422 e. The summed E-state index contributed by atoms with van der Waals surface area (Å²) in [5.41, 5.74) is 3.97. The second-order valence-corrected chi connectivity index (χ2v) is 9.51. The van der Waals surface area contributed by atoms with Crippen LogP contribution >= 0.6 is 0 Å². The number of ether oxygens (including phenoxy) is 1. The quantitative estimate of drug-likeness (QED) is 0.143. The van der Waals surface area contributed by atoms with Crippen molar-refractivity contribution >= 4 is 10.8 Å². The fourth-order valence-electron chi connectivity index (χ4n) is 4.44. The summed E-state index contributed by atoms with van der Waals surface area (Å²) in [5.74, 6) is -1.68. The van der Waals surface area contributed by atoms with Crippen LogP contribution in [0.1, 0.15) is 49.3 Å². The van der Waals surface area contributed by atoms with Crippen LogP contribution in [0, 0.1) is 11.6 Å². The van der Waals surface area contributed by atoms with E-state index in [4.69, 9.17) is 0 Å². The van der Waals surface area contributed by atoms with Crippen LogP contribution in [0.4, 0.5) is 22.0 Å². The highest BCUT2D eigenvalue weighted by Crippen LogP contribution is 2.28. The third kappa shape index (κ3) is 7.30. The first kappa shape index (κ1) is 27.6. The predicted octanol–water partition coefficient (Wildman–Crippen LogP) is 9.03. The average Bonchev–Trinajstić information content (AvgIpc) is 2.90. The van der Waals surface area contributed by atoms with Gasteiger partial charge in [-0.05, 0) is 72.0 Å². The van der Waals surface area contributed by atoms with Crippen molar-refractivity contribution in [1.29, 1.82) is 0 Å². The molecule has 38 heavy (non-hydrogen) atoms. The molecule has 7 heteroatoms. The molecule has 0 bridgehead atoms. The maximum Gasteiger partial charge on any atom is 0.422 e. The van der Waals surface area contributed by atoms with Crippen LogP contribution in [0.15, 0.2) is 66.9 Å². The van der Waals surface area contributed by atoms with E-state index in [-0.39, 0.29) is 5.82 Å². The maximum absolute atomic E-state index is 15.3. The van der Waals surface area contributed by atoms with Crippen LogP contribution in [0.3, 0.4) is 0 Å². The lowest BCUT2D eigenvalue weighted by atomic mass is 9.98. The van der Waals surface area contributed by atoms with E-state index in [1.807, 2.05) is 30.5 Å². The normalized spacial score (nSPS) is 11.7. The van der Waals surface area contributed by atoms with Crippen LogP contribution in [0.5, 0.6) is 5.75 Å². The van der Waals surface area contributed by atoms with E-state index in [1.54, 1.807) is 12.1 Å². The summed E-state index contributed by atoms with van der Waals surface area (Å²) in [6.07, 6.45) is 3.85. The van der Waals surface area contributed by atoms with Crippen LogP contribution in [0.2, 0.25) is 0 Å². The molecule has 0 amide bonds. The van der Waals surface area contributed by atoms with Crippen LogP contribution in [0.25, 0.3) is 22.0 Å². The molecule has 1 aromatic heterocycles. The van der Waals surface area contributed by atoms with Gasteiger partial charge in [-0.1, -0.05) is 62.6 Å². The van der Waals surface area contributed by atoms with Gasteiger partial charge in [0.15, 0.2) is 18.2 Å². The number of aromatic nitrogens is 1. The molecule has 0 aliphatic heterocycles. The van der Waals surface area contributed by atoms with E-state index < -0.39 is 24.3 Å². The summed E-state index contributed by atoms with van der Waals surface area (Å²) < 4.78 is 70.8. The SMILES string of the molecule is CCCCCCc1ccc(-c2ccc3c(F)c(CCc4ccc(OCC(F)(F)F)c(F)c4)ccc3c2)nc1. The van der Waals surface area contributed by atoms with Crippen molar-refractivity contribution in [3.63, 3.8) is 0 Å².